The second kappa shape index (κ2) is 7.07. The molecule has 1 amide bonds. The average Bonchev–Trinajstić information content (AvgIpc) is 2.33. The quantitative estimate of drug-likeness (QED) is 0.577. The molecule has 0 aliphatic heterocycles. The van der Waals surface area contributed by atoms with Gasteiger partial charge in [-0.05, 0) is 37.6 Å². The molecule has 0 unspecified atom stereocenters. The standard InChI is InChI=1S/C13H16ClNO2/c1-2-15(13(17)5-3-4-10-16)12-8-6-11(14)7-9-12/h6-10H,2-5H2,1H3. The summed E-state index contributed by atoms with van der Waals surface area (Å²) < 4.78 is 0. The highest BCUT2D eigenvalue weighted by atomic mass is 35.5. The Kier molecular flexibility index (Phi) is 5.70. The smallest absolute Gasteiger partial charge is 0.226 e. The number of unbranched alkanes of at least 4 members (excludes halogenated alkanes) is 1. The predicted octanol–water partition coefficient (Wildman–Crippen LogP) is 3.06. The van der Waals surface area contributed by atoms with E-state index in [1.165, 1.54) is 0 Å². The Labute approximate surface area is 106 Å². The molecular weight excluding hydrogens is 238 g/mol. The first-order valence-electron chi connectivity index (χ1n) is 5.68. The highest BCUT2D eigenvalue weighted by molar-refractivity contribution is 6.30. The van der Waals surface area contributed by atoms with Crippen LogP contribution in [0, 0.1) is 0 Å². The monoisotopic (exact) mass is 253 g/mol. The second-order valence-electron chi connectivity index (χ2n) is 3.67. The Balaban J connectivity index is 2.66. The van der Waals surface area contributed by atoms with E-state index in [1.807, 2.05) is 19.1 Å². The van der Waals surface area contributed by atoms with Crippen LogP contribution >= 0.6 is 11.6 Å². The van der Waals surface area contributed by atoms with Gasteiger partial charge in [-0.15, -0.1) is 0 Å². The molecule has 0 aromatic heterocycles. The van der Waals surface area contributed by atoms with Gasteiger partial charge in [-0.2, -0.15) is 0 Å². The molecule has 0 aliphatic rings. The lowest BCUT2D eigenvalue weighted by Crippen LogP contribution is -2.30. The average molecular weight is 254 g/mol. The van der Waals surface area contributed by atoms with Crippen molar-refractivity contribution in [1.82, 2.24) is 0 Å². The van der Waals surface area contributed by atoms with Gasteiger partial charge < -0.3 is 9.69 Å². The third-order valence-corrected chi connectivity index (χ3v) is 2.72. The summed E-state index contributed by atoms with van der Waals surface area (Å²) in [7, 11) is 0. The van der Waals surface area contributed by atoms with E-state index in [4.69, 9.17) is 11.6 Å². The number of aldehydes is 1. The molecule has 0 fully saturated rings. The van der Waals surface area contributed by atoms with E-state index < -0.39 is 0 Å². The van der Waals surface area contributed by atoms with Crippen molar-refractivity contribution >= 4 is 29.5 Å². The van der Waals surface area contributed by atoms with Gasteiger partial charge in [-0.3, -0.25) is 4.79 Å². The summed E-state index contributed by atoms with van der Waals surface area (Å²) in [5, 5.41) is 0.651. The van der Waals surface area contributed by atoms with Crippen LogP contribution in [-0.2, 0) is 9.59 Å². The molecule has 4 heteroatoms. The van der Waals surface area contributed by atoms with Crippen LogP contribution in [0.1, 0.15) is 26.2 Å². The van der Waals surface area contributed by atoms with E-state index in [-0.39, 0.29) is 5.91 Å². The van der Waals surface area contributed by atoms with E-state index in [0.717, 1.165) is 12.0 Å². The highest BCUT2D eigenvalue weighted by Gasteiger charge is 2.12. The molecule has 3 nitrogen and oxygen atoms in total. The van der Waals surface area contributed by atoms with E-state index in [1.54, 1.807) is 17.0 Å². The van der Waals surface area contributed by atoms with Crippen molar-refractivity contribution < 1.29 is 9.59 Å². The van der Waals surface area contributed by atoms with Gasteiger partial charge in [0, 0.05) is 30.1 Å². The molecule has 1 aromatic carbocycles. The topological polar surface area (TPSA) is 37.4 Å². The Morgan fingerprint density at radius 3 is 2.53 bits per heavy atom. The first kappa shape index (κ1) is 13.7. The number of benzene rings is 1. The number of carbonyl (C=O) groups is 2. The van der Waals surface area contributed by atoms with Crippen LogP contribution in [0.4, 0.5) is 5.69 Å². The van der Waals surface area contributed by atoms with Crippen molar-refractivity contribution in [2.24, 2.45) is 0 Å². The van der Waals surface area contributed by atoms with Crippen molar-refractivity contribution in [2.75, 3.05) is 11.4 Å². The van der Waals surface area contributed by atoms with E-state index in [0.29, 0.717) is 30.8 Å². The Morgan fingerprint density at radius 2 is 2.00 bits per heavy atom. The van der Waals surface area contributed by atoms with Gasteiger partial charge >= 0.3 is 0 Å². The Hall–Kier alpha value is -1.35. The van der Waals surface area contributed by atoms with Gasteiger partial charge in [-0.1, -0.05) is 11.6 Å². The van der Waals surface area contributed by atoms with Crippen LogP contribution < -0.4 is 4.90 Å². The molecule has 17 heavy (non-hydrogen) atoms. The first-order valence-corrected chi connectivity index (χ1v) is 6.06. The fourth-order valence-electron chi connectivity index (χ4n) is 1.60. The first-order chi connectivity index (χ1) is 8.19. The molecule has 92 valence electrons. The summed E-state index contributed by atoms with van der Waals surface area (Å²) in [6.07, 6.45) is 2.28. The molecule has 0 N–H and O–H groups in total. The molecule has 0 aliphatic carbocycles. The summed E-state index contributed by atoms with van der Waals surface area (Å²) in [5.74, 6) is 0.0386. The molecule has 0 atom stereocenters. The summed E-state index contributed by atoms with van der Waals surface area (Å²) in [6.45, 7) is 2.54. The molecule has 0 saturated carbocycles. The Bertz CT molecular complexity index is 376. The maximum absolute atomic E-state index is 11.9. The number of carbonyl (C=O) groups excluding carboxylic acids is 2. The van der Waals surface area contributed by atoms with Crippen LogP contribution in [0.2, 0.25) is 5.02 Å². The number of halogens is 1. The highest BCUT2D eigenvalue weighted by Crippen LogP contribution is 2.19. The number of amides is 1. The van der Waals surface area contributed by atoms with Crippen molar-refractivity contribution in [2.45, 2.75) is 26.2 Å². The number of nitrogens with zero attached hydrogens (tertiary/aromatic N) is 1. The summed E-state index contributed by atoms with van der Waals surface area (Å²) in [6, 6.07) is 7.17. The minimum absolute atomic E-state index is 0.0386. The summed E-state index contributed by atoms with van der Waals surface area (Å²) in [4.78, 5) is 23.8. The summed E-state index contributed by atoms with van der Waals surface area (Å²) in [5.41, 5.74) is 0.841. The van der Waals surface area contributed by atoms with Crippen LogP contribution in [0.15, 0.2) is 24.3 Å². The van der Waals surface area contributed by atoms with E-state index in [2.05, 4.69) is 0 Å². The SMILES string of the molecule is CCN(C(=O)CCCC=O)c1ccc(Cl)cc1. The lowest BCUT2D eigenvalue weighted by molar-refractivity contribution is -0.118. The fourth-order valence-corrected chi connectivity index (χ4v) is 1.72. The van der Waals surface area contributed by atoms with Gasteiger partial charge in [-0.25, -0.2) is 0 Å². The number of rotatable bonds is 6. The normalized spacial score (nSPS) is 10.0. The molecule has 1 rings (SSSR count). The van der Waals surface area contributed by atoms with Crippen molar-refractivity contribution in [3.63, 3.8) is 0 Å². The van der Waals surface area contributed by atoms with E-state index >= 15 is 0 Å². The predicted molar refractivity (Wildman–Crippen MR) is 69.4 cm³/mol. The van der Waals surface area contributed by atoms with Crippen molar-refractivity contribution in [3.8, 4) is 0 Å². The van der Waals surface area contributed by atoms with Crippen LogP contribution in [0.3, 0.4) is 0 Å². The third kappa shape index (κ3) is 4.19. The van der Waals surface area contributed by atoms with Gasteiger partial charge in [0.2, 0.25) is 5.91 Å². The lowest BCUT2D eigenvalue weighted by atomic mass is 10.2. The van der Waals surface area contributed by atoms with Crippen molar-refractivity contribution in [1.29, 1.82) is 0 Å². The van der Waals surface area contributed by atoms with Crippen LogP contribution in [-0.4, -0.2) is 18.7 Å². The molecular formula is C13H16ClNO2. The maximum Gasteiger partial charge on any atom is 0.226 e. The van der Waals surface area contributed by atoms with Gasteiger partial charge in [0.05, 0.1) is 0 Å². The fraction of sp³-hybridized carbons (Fsp3) is 0.385. The number of hydrogen-bond donors (Lipinski definition) is 0. The number of hydrogen-bond acceptors (Lipinski definition) is 2. The van der Waals surface area contributed by atoms with Crippen LogP contribution in [0.25, 0.3) is 0 Å². The number of anilines is 1. The zero-order valence-corrected chi connectivity index (χ0v) is 10.6. The zero-order chi connectivity index (χ0) is 12.7. The molecule has 0 spiro atoms. The van der Waals surface area contributed by atoms with E-state index in [9.17, 15) is 9.59 Å². The zero-order valence-electron chi connectivity index (χ0n) is 9.86. The van der Waals surface area contributed by atoms with Crippen LogP contribution in [0.5, 0.6) is 0 Å². The van der Waals surface area contributed by atoms with Gasteiger partial charge in [0.25, 0.3) is 0 Å². The molecule has 1 aromatic rings. The lowest BCUT2D eigenvalue weighted by Gasteiger charge is -2.21. The van der Waals surface area contributed by atoms with Gasteiger partial charge in [0.15, 0.2) is 0 Å². The minimum atomic E-state index is 0.0386. The Morgan fingerprint density at radius 1 is 1.35 bits per heavy atom. The minimum Gasteiger partial charge on any atom is -0.313 e. The largest absolute Gasteiger partial charge is 0.313 e. The summed E-state index contributed by atoms with van der Waals surface area (Å²) >= 11 is 5.80. The molecule has 0 saturated heterocycles. The molecule has 0 bridgehead atoms. The molecule has 0 radical (unpaired) electrons. The van der Waals surface area contributed by atoms with Gasteiger partial charge in [0.1, 0.15) is 6.29 Å². The van der Waals surface area contributed by atoms with Crippen molar-refractivity contribution in [3.05, 3.63) is 29.3 Å². The maximum atomic E-state index is 11.9. The third-order valence-electron chi connectivity index (χ3n) is 2.47. The second-order valence-corrected chi connectivity index (χ2v) is 4.11. The molecule has 0 heterocycles.